The summed E-state index contributed by atoms with van der Waals surface area (Å²) < 4.78 is 0. The molecule has 0 atom stereocenters. The van der Waals surface area contributed by atoms with Gasteiger partial charge in [-0.2, -0.15) is 0 Å². The van der Waals surface area contributed by atoms with Crippen molar-refractivity contribution in [2.24, 2.45) is 0 Å². The fourth-order valence-corrected chi connectivity index (χ4v) is 1.90. The van der Waals surface area contributed by atoms with Crippen molar-refractivity contribution in [2.75, 3.05) is 11.1 Å². The number of amides is 2. The summed E-state index contributed by atoms with van der Waals surface area (Å²) in [5.74, 6) is 0.203. The molecule has 0 aliphatic carbocycles. The highest BCUT2D eigenvalue weighted by Gasteiger charge is 2.07. The SMILES string of the molecule is Nc1ncc(Cl)nc1CNC(=O)Nc1ccc(Cl)c(Cl)c1. The summed E-state index contributed by atoms with van der Waals surface area (Å²) in [5.41, 5.74) is 6.52. The molecule has 1 aromatic carbocycles. The number of nitrogens with zero attached hydrogens (tertiary/aromatic N) is 2. The molecule has 0 saturated heterocycles. The highest BCUT2D eigenvalue weighted by molar-refractivity contribution is 6.42. The standard InChI is InChI=1S/C12H10Cl3N5O/c13-7-2-1-6(3-8(7)14)19-12(21)18-4-9-11(16)17-5-10(15)20-9/h1-3,5H,4H2,(H2,16,17)(H2,18,19,21). The number of aromatic nitrogens is 2. The lowest BCUT2D eigenvalue weighted by Gasteiger charge is -2.09. The van der Waals surface area contributed by atoms with Crippen molar-refractivity contribution in [3.05, 3.63) is 45.3 Å². The van der Waals surface area contributed by atoms with Crippen LogP contribution >= 0.6 is 34.8 Å². The predicted octanol–water partition coefficient (Wildman–Crippen LogP) is 3.34. The van der Waals surface area contributed by atoms with Crippen molar-refractivity contribution in [2.45, 2.75) is 6.54 Å². The average molecular weight is 347 g/mol. The van der Waals surface area contributed by atoms with Crippen LogP contribution in [0, 0.1) is 0 Å². The molecule has 21 heavy (non-hydrogen) atoms. The van der Waals surface area contributed by atoms with Gasteiger partial charge in [0.2, 0.25) is 0 Å². The van der Waals surface area contributed by atoms with Crippen molar-refractivity contribution >= 4 is 52.3 Å². The lowest BCUT2D eigenvalue weighted by Crippen LogP contribution is -2.29. The van der Waals surface area contributed by atoms with Gasteiger partial charge in [0.25, 0.3) is 0 Å². The molecule has 4 N–H and O–H groups in total. The Hall–Kier alpha value is -1.76. The van der Waals surface area contributed by atoms with Crippen LogP contribution < -0.4 is 16.4 Å². The molecule has 0 spiro atoms. The van der Waals surface area contributed by atoms with Crippen LogP contribution in [0.1, 0.15) is 5.69 Å². The Balaban J connectivity index is 1.95. The third-order valence-electron chi connectivity index (χ3n) is 2.44. The lowest BCUT2D eigenvalue weighted by molar-refractivity contribution is 0.251. The number of hydrogen-bond donors (Lipinski definition) is 3. The van der Waals surface area contributed by atoms with E-state index in [1.54, 1.807) is 12.1 Å². The minimum atomic E-state index is -0.449. The van der Waals surface area contributed by atoms with Crippen LogP contribution in [0.4, 0.5) is 16.3 Å². The zero-order valence-corrected chi connectivity index (χ0v) is 12.8. The van der Waals surface area contributed by atoms with E-state index in [-0.39, 0.29) is 17.5 Å². The first-order valence-corrected chi connectivity index (χ1v) is 6.86. The molecular weight excluding hydrogens is 337 g/mol. The number of carbonyl (C=O) groups excluding carboxylic acids is 1. The maximum absolute atomic E-state index is 11.8. The second kappa shape index (κ2) is 6.80. The smallest absolute Gasteiger partial charge is 0.319 e. The van der Waals surface area contributed by atoms with Gasteiger partial charge in [-0.25, -0.2) is 14.8 Å². The Morgan fingerprint density at radius 3 is 2.71 bits per heavy atom. The normalized spacial score (nSPS) is 10.2. The molecule has 9 heteroatoms. The van der Waals surface area contributed by atoms with Crippen LogP contribution in [-0.2, 0) is 6.54 Å². The maximum atomic E-state index is 11.8. The van der Waals surface area contributed by atoms with Gasteiger partial charge in [0, 0.05) is 5.69 Å². The van der Waals surface area contributed by atoms with Gasteiger partial charge in [-0.05, 0) is 18.2 Å². The minimum absolute atomic E-state index is 0.0898. The third kappa shape index (κ3) is 4.35. The van der Waals surface area contributed by atoms with Crippen LogP contribution in [0.15, 0.2) is 24.4 Å². The number of rotatable bonds is 3. The van der Waals surface area contributed by atoms with E-state index < -0.39 is 6.03 Å². The average Bonchev–Trinajstić information content (AvgIpc) is 2.44. The molecule has 1 heterocycles. The molecular formula is C12H10Cl3N5O. The molecule has 1 aromatic heterocycles. The molecule has 2 rings (SSSR count). The van der Waals surface area contributed by atoms with Crippen LogP contribution in [0.5, 0.6) is 0 Å². The van der Waals surface area contributed by atoms with E-state index in [9.17, 15) is 4.79 Å². The fourth-order valence-electron chi connectivity index (χ4n) is 1.46. The minimum Gasteiger partial charge on any atom is -0.382 e. The lowest BCUT2D eigenvalue weighted by atomic mass is 10.3. The molecule has 6 nitrogen and oxygen atoms in total. The summed E-state index contributed by atoms with van der Waals surface area (Å²) in [7, 11) is 0. The monoisotopic (exact) mass is 345 g/mol. The number of nitrogens with two attached hydrogens (primary N) is 1. The summed E-state index contributed by atoms with van der Waals surface area (Å²) in [5, 5.41) is 6.14. The highest BCUT2D eigenvalue weighted by Crippen LogP contribution is 2.24. The molecule has 0 saturated carbocycles. The Bertz CT molecular complexity index is 680. The molecule has 2 amide bonds. The van der Waals surface area contributed by atoms with Crippen molar-refractivity contribution in [3.8, 4) is 0 Å². The molecule has 0 fully saturated rings. The fraction of sp³-hybridized carbons (Fsp3) is 0.0833. The van der Waals surface area contributed by atoms with E-state index >= 15 is 0 Å². The van der Waals surface area contributed by atoms with E-state index in [0.717, 1.165) is 0 Å². The van der Waals surface area contributed by atoms with Crippen LogP contribution in [0.3, 0.4) is 0 Å². The molecule has 0 bridgehead atoms. The van der Waals surface area contributed by atoms with Gasteiger partial charge in [0.15, 0.2) is 0 Å². The third-order valence-corrected chi connectivity index (χ3v) is 3.36. The summed E-state index contributed by atoms with van der Waals surface area (Å²) >= 11 is 17.4. The highest BCUT2D eigenvalue weighted by atomic mass is 35.5. The molecule has 2 aromatic rings. The Morgan fingerprint density at radius 2 is 2.00 bits per heavy atom. The molecule has 0 unspecified atom stereocenters. The molecule has 110 valence electrons. The van der Waals surface area contributed by atoms with E-state index in [0.29, 0.717) is 21.4 Å². The van der Waals surface area contributed by atoms with Gasteiger partial charge in [-0.1, -0.05) is 34.8 Å². The number of anilines is 2. The van der Waals surface area contributed by atoms with Crippen molar-refractivity contribution in [1.82, 2.24) is 15.3 Å². The first kappa shape index (κ1) is 15.6. The zero-order valence-electron chi connectivity index (χ0n) is 10.5. The largest absolute Gasteiger partial charge is 0.382 e. The number of urea groups is 1. The number of carbonyl (C=O) groups is 1. The Labute approximate surface area is 135 Å². The molecule has 0 radical (unpaired) electrons. The first-order chi connectivity index (χ1) is 9.95. The summed E-state index contributed by atoms with van der Waals surface area (Å²) in [6, 6.07) is 4.30. The molecule has 0 aliphatic rings. The quantitative estimate of drug-likeness (QED) is 0.794. The Morgan fingerprint density at radius 1 is 1.24 bits per heavy atom. The van der Waals surface area contributed by atoms with Crippen LogP contribution in [0.2, 0.25) is 15.2 Å². The number of hydrogen-bond acceptors (Lipinski definition) is 4. The van der Waals surface area contributed by atoms with Crippen molar-refractivity contribution in [3.63, 3.8) is 0 Å². The van der Waals surface area contributed by atoms with E-state index in [1.165, 1.54) is 12.3 Å². The number of halogens is 3. The Kier molecular flexibility index (Phi) is 5.06. The van der Waals surface area contributed by atoms with Gasteiger partial charge in [-0.3, -0.25) is 0 Å². The van der Waals surface area contributed by atoms with Gasteiger partial charge in [0.05, 0.1) is 22.8 Å². The zero-order chi connectivity index (χ0) is 15.4. The van der Waals surface area contributed by atoms with Gasteiger partial charge < -0.3 is 16.4 Å². The summed E-state index contributed by atoms with van der Waals surface area (Å²) in [6.07, 6.45) is 1.33. The summed E-state index contributed by atoms with van der Waals surface area (Å²) in [4.78, 5) is 19.6. The first-order valence-electron chi connectivity index (χ1n) is 5.72. The second-order valence-corrected chi connectivity index (χ2v) is 5.16. The van der Waals surface area contributed by atoms with E-state index in [2.05, 4.69) is 20.6 Å². The van der Waals surface area contributed by atoms with Gasteiger partial charge in [-0.15, -0.1) is 0 Å². The summed E-state index contributed by atoms with van der Waals surface area (Å²) in [6.45, 7) is 0.0898. The van der Waals surface area contributed by atoms with Crippen molar-refractivity contribution in [1.29, 1.82) is 0 Å². The van der Waals surface area contributed by atoms with E-state index in [4.69, 9.17) is 40.5 Å². The van der Waals surface area contributed by atoms with Crippen molar-refractivity contribution < 1.29 is 4.79 Å². The van der Waals surface area contributed by atoms with Gasteiger partial charge >= 0.3 is 6.03 Å². The number of nitrogens with one attached hydrogen (secondary N) is 2. The van der Waals surface area contributed by atoms with Gasteiger partial charge in [0.1, 0.15) is 16.7 Å². The topological polar surface area (TPSA) is 92.9 Å². The predicted molar refractivity (Wildman–Crippen MR) is 83.8 cm³/mol. The second-order valence-electron chi connectivity index (χ2n) is 3.96. The van der Waals surface area contributed by atoms with Crippen LogP contribution in [0.25, 0.3) is 0 Å². The maximum Gasteiger partial charge on any atom is 0.319 e. The number of benzene rings is 1. The van der Waals surface area contributed by atoms with E-state index in [1.807, 2.05) is 0 Å². The van der Waals surface area contributed by atoms with Crippen LogP contribution in [-0.4, -0.2) is 16.0 Å². The number of nitrogen functional groups attached to an aromatic ring is 1. The molecule has 0 aliphatic heterocycles.